The van der Waals surface area contributed by atoms with Crippen LogP contribution in [0.1, 0.15) is 0 Å². The number of halogens is 1. The molecule has 0 saturated heterocycles. The quantitative estimate of drug-likeness (QED) is 0.640. The molecule has 0 saturated carbocycles. The molecule has 0 aliphatic rings. The van der Waals surface area contributed by atoms with Crippen molar-refractivity contribution in [1.82, 2.24) is 19.7 Å². The number of nitrogens with one attached hydrogen (secondary N) is 1. The van der Waals surface area contributed by atoms with Crippen molar-refractivity contribution in [3.63, 3.8) is 0 Å². The van der Waals surface area contributed by atoms with E-state index in [1.165, 1.54) is 18.5 Å². The number of aliphatic hydroxyl groups excluding tert-OH is 1. The van der Waals surface area contributed by atoms with Crippen LogP contribution in [0.4, 0.5) is 10.2 Å². The first-order valence-corrected chi connectivity index (χ1v) is 7.17. The Bertz CT molecular complexity index is 775. The minimum atomic E-state index is -0.301. The first kappa shape index (κ1) is 15.3. The maximum absolute atomic E-state index is 13.0. The lowest BCUT2D eigenvalue weighted by atomic mass is 10.3. The van der Waals surface area contributed by atoms with Crippen LogP contribution in [0.25, 0.3) is 16.7 Å². The molecule has 0 radical (unpaired) electrons. The third kappa shape index (κ3) is 3.43. The Morgan fingerprint density at radius 3 is 2.78 bits per heavy atom. The summed E-state index contributed by atoms with van der Waals surface area (Å²) < 4.78 is 19.9. The summed E-state index contributed by atoms with van der Waals surface area (Å²) in [7, 11) is 0. The Morgan fingerprint density at radius 2 is 2.00 bits per heavy atom. The number of hydrogen-bond acceptors (Lipinski definition) is 6. The smallest absolute Gasteiger partial charge is 0.168 e. The van der Waals surface area contributed by atoms with Gasteiger partial charge in [-0.15, -0.1) is 0 Å². The van der Waals surface area contributed by atoms with Crippen LogP contribution >= 0.6 is 0 Å². The number of rotatable bonds is 7. The molecule has 2 aromatic heterocycles. The molecule has 120 valence electrons. The number of anilines is 1. The Balaban J connectivity index is 1.81. The molecule has 0 bridgehead atoms. The monoisotopic (exact) mass is 317 g/mol. The van der Waals surface area contributed by atoms with Crippen LogP contribution in [0.3, 0.4) is 0 Å². The molecule has 7 nitrogen and oxygen atoms in total. The summed E-state index contributed by atoms with van der Waals surface area (Å²) in [6.45, 7) is 1.32. The fraction of sp³-hybridized carbons (Fsp3) is 0.267. The van der Waals surface area contributed by atoms with Gasteiger partial charge in [0.1, 0.15) is 18.0 Å². The lowest BCUT2D eigenvalue weighted by Crippen LogP contribution is -2.12. The van der Waals surface area contributed by atoms with Crippen molar-refractivity contribution < 1.29 is 14.2 Å². The highest BCUT2D eigenvalue weighted by Gasteiger charge is 2.10. The van der Waals surface area contributed by atoms with Gasteiger partial charge < -0.3 is 15.2 Å². The number of hydrogen-bond donors (Lipinski definition) is 2. The number of fused-ring (bicyclic) bond motifs is 1. The third-order valence-corrected chi connectivity index (χ3v) is 3.21. The maximum Gasteiger partial charge on any atom is 0.168 e. The Morgan fingerprint density at radius 1 is 1.17 bits per heavy atom. The molecular weight excluding hydrogens is 301 g/mol. The molecule has 1 aromatic carbocycles. The number of ether oxygens (including phenoxy) is 1. The van der Waals surface area contributed by atoms with Crippen molar-refractivity contribution in [2.45, 2.75) is 0 Å². The van der Waals surface area contributed by atoms with E-state index < -0.39 is 0 Å². The van der Waals surface area contributed by atoms with E-state index in [2.05, 4.69) is 20.4 Å². The summed E-state index contributed by atoms with van der Waals surface area (Å²) in [5.41, 5.74) is 1.35. The van der Waals surface area contributed by atoms with E-state index in [9.17, 15) is 4.39 Å². The van der Waals surface area contributed by atoms with Gasteiger partial charge in [-0.2, -0.15) is 5.10 Å². The van der Waals surface area contributed by atoms with E-state index in [0.29, 0.717) is 31.2 Å². The maximum atomic E-state index is 13.0. The van der Waals surface area contributed by atoms with Crippen molar-refractivity contribution >= 4 is 16.9 Å². The summed E-state index contributed by atoms with van der Waals surface area (Å²) in [5, 5.41) is 16.9. The molecule has 2 heterocycles. The molecule has 8 heteroatoms. The van der Waals surface area contributed by atoms with Gasteiger partial charge in [0.05, 0.1) is 37.1 Å². The number of benzene rings is 1. The van der Waals surface area contributed by atoms with Gasteiger partial charge in [-0.05, 0) is 24.3 Å². The van der Waals surface area contributed by atoms with E-state index in [4.69, 9.17) is 9.84 Å². The zero-order valence-electron chi connectivity index (χ0n) is 12.3. The molecule has 0 amide bonds. The molecule has 23 heavy (non-hydrogen) atoms. The lowest BCUT2D eigenvalue weighted by Gasteiger charge is -2.07. The van der Waals surface area contributed by atoms with Crippen molar-refractivity contribution in [2.24, 2.45) is 0 Å². The van der Waals surface area contributed by atoms with Crippen LogP contribution in [0, 0.1) is 5.82 Å². The molecule has 3 aromatic rings. The van der Waals surface area contributed by atoms with Crippen LogP contribution in [0.5, 0.6) is 0 Å². The van der Waals surface area contributed by atoms with Crippen molar-refractivity contribution in [3.05, 3.63) is 42.6 Å². The van der Waals surface area contributed by atoms with Gasteiger partial charge in [-0.1, -0.05) is 0 Å². The summed E-state index contributed by atoms with van der Waals surface area (Å²) in [5.74, 6) is 0.348. The average molecular weight is 317 g/mol. The number of nitrogens with zero attached hydrogens (tertiary/aromatic N) is 4. The molecule has 0 atom stereocenters. The molecule has 0 aliphatic heterocycles. The first-order valence-electron chi connectivity index (χ1n) is 7.17. The fourth-order valence-electron chi connectivity index (χ4n) is 2.16. The highest BCUT2D eigenvalue weighted by atomic mass is 19.1. The number of aliphatic hydroxyl groups is 1. The highest BCUT2D eigenvalue weighted by Crippen LogP contribution is 2.21. The Hall–Kier alpha value is -2.58. The van der Waals surface area contributed by atoms with E-state index in [1.54, 1.807) is 23.0 Å². The predicted molar refractivity (Wildman–Crippen MR) is 83.0 cm³/mol. The highest BCUT2D eigenvalue weighted by molar-refractivity contribution is 5.87. The second-order valence-electron chi connectivity index (χ2n) is 4.76. The van der Waals surface area contributed by atoms with E-state index in [1.807, 2.05) is 0 Å². The molecule has 0 aliphatic carbocycles. The normalized spacial score (nSPS) is 11.0. The molecule has 3 rings (SSSR count). The summed E-state index contributed by atoms with van der Waals surface area (Å²) in [6.07, 6.45) is 3.11. The molecule has 0 unspecified atom stereocenters. The zero-order chi connectivity index (χ0) is 16.1. The zero-order valence-corrected chi connectivity index (χ0v) is 12.3. The molecular formula is C15H16FN5O2. The number of aromatic nitrogens is 4. The minimum absolute atomic E-state index is 0.00218. The predicted octanol–water partition coefficient (Wildman–Crippen LogP) is 1.38. The van der Waals surface area contributed by atoms with Crippen LogP contribution < -0.4 is 5.32 Å². The molecule has 0 spiro atoms. The molecule has 0 fully saturated rings. The van der Waals surface area contributed by atoms with Crippen LogP contribution in [0.2, 0.25) is 0 Å². The van der Waals surface area contributed by atoms with Crippen molar-refractivity contribution in [2.75, 3.05) is 31.7 Å². The Labute approximate surface area is 131 Å². The standard InChI is InChI=1S/C15H16FN5O2/c16-11-1-3-12(4-2-11)21-15-13(9-20-21)14(18-10-19-15)17-5-7-23-8-6-22/h1-4,9-10,22H,5-8H2,(H,17,18,19). The Kier molecular flexibility index (Phi) is 4.74. The van der Waals surface area contributed by atoms with E-state index in [0.717, 1.165) is 11.1 Å². The van der Waals surface area contributed by atoms with Gasteiger partial charge in [0, 0.05) is 6.54 Å². The van der Waals surface area contributed by atoms with Crippen LogP contribution in [-0.4, -0.2) is 51.2 Å². The van der Waals surface area contributed by atoms with Gasteiger partial charge in [-0.25, -0.2) is 19.0 Å². The van der Waals surface area contributed by atoms with E-state index in [-0.39, 0.29) is 12.4 Å². The summed E-state index contributed by atoms with van der Waals surface area (Å²) in [6, 6.07) is 6.03. The second-order valence-corrected chi connectivity index (χ2v) is 4.76. The van der Waals surface area contributed by atoms with Crippen molar-refractivity contribution in [1.29, 1.82) is 0 Å². The largest absolute Gasteiger partial charge is 0.394 e. The topological polar surface area (TPSA) is 85.1 Å². The summed E-state index contributed by atoms with van der Waals surface area (Å²) >= 11 is 0. The minimum Gasteiger partial charge on any atom is -0.394 e. The van der Waals surface area contributed by atoms with E-state index >= 15 is 0 Å². The lowest BCUT2D eigenvalue weighted by molar-refractivity contribution is 0.0992. The SMILES string of the molecule is OCCOCCNc1ncnc2c1cnn2-c1ccc(F)cc1. The summed E-state index contributed by atoms with van der Waals surface area (Å²) in [4.78, 5) is 8.45. The second kappa shape index (κ2) is 7.12. The average Bonchev–Trinajstić information content (AvgIpc) is 3.00. The third-order valence-electron chi connectivity index (χ3n) is 3.21. The van der Waals surface area contributed by atoms with Gasteiger partial charge in [0.25, 0.3) is 0 Å². The van der Waals surface area contributed by atoms with Crippen LogP contribution in [-0.2, 0) is 4.74 Å². The molecule has 2 N–H and O–H groups in total. The van der Waals surface area contributed by atoms with Gasteiger partial charge in [-0.3, -0.25) is 0 Å². The van der Waals surface area contributed by atoms with Crippen LogP contribution in [0.15, 0.2) is 36.8 Å². The van der Waals surface area contributed by atoms with Gasteiger partial charge in [0.2, 0.25) is 0 Å². The first-order chi connectivity index (χ1) is 11.3. The van der Waals surface area contributed by atoms with Gasteiger partial charge in [0.15, 0.2) is 5.65 Å². The fourth-order valence-corrected chi connectivity index (χ4v) is 2.16. The van der Waals surface area contributed by atoms with Gasteiger partial charge >= 0.3 is 0 Å². The van der Waals surface area contributed by atoms with Crippen molar-refractivity contribution in [3.8, 4) is 5.69 Å².